The predicted octanol–water partition coefficient (Wildman–Crippen LogP) is 2.25. The standard InChI is InChI=1S/C15H13N5O2.2H2/c16-15(21)20-4-3-9-5-10(1-2-13(9)20)22-14-11-6-17-7-12(11)18-8-19-14;;/h1-5,8,17H,6-7H2,(H2,16,21);2*1H. The monoisotopic (exact) mass is 299 g/mol. The smallest absolute Gasteiger partial charge is 0.323 e. The SMILES string of the molecule is NC(=O)n1ccc2cc(Oc3ncnc4c3CNC4)ccc21.[HH].[HH]. The van der Waals surface area contributed by atoms with Crippen LogP contribution in [0.4, 0.5) is 4.79 Å². The summed E-state index contributed by atoms with van der Waals surface area (Å²) in [6, 6.07) is 6.75. The van der Waals surface area contributed by atoms with Crippen LogP contribution in [0.3, 0.4) is 0 Å². The minimum atomic E-state index is -0.511. The molecule has 0 saturated heterocycles. The minimum Gasteiger partial charge on any atom is -0.439 e. The van der Waals surface area contributed by atoms with Crippen molar-refractivity contribution in [1.82, 2.24) is 19.9 Å². The lowest BCUT2D eigenvalue weighted by molar-refractivity contribution is 0.251. The molecular formula is C15H17N5O2. The summed E-state index contributed by atoms with van der Waals surface area (Å²) in [5.74, 6) is 1.21. The zero-order chi connectivity index (χ0) is 15.1. The number of nitrogens with one attached hydrogen (secondary N) is 1. The summed E-state index contributed by atoms with van der Waals surface area (Å²) < 4.78 is 7.28. The Labute approximate surface area is 128 Å². The molecule has 7 nitrogen and oxygen atoms in total. The van der Waals surface area contributed by atoms with E-state index in [1.165, 1.54) is 10.9 Å². The highest BCUT2D eigenvalue weighted by Crippen LogP contribution is 2.29. The van der Waals surface area contributed by atoms with Gasteiger partial charge in [-0.05, 0) is 24.3 Å². The van der Waals surface area contributed by atoms with E-state index in [9.17, 15) is 4.79 Å². The van der Waals surface area contributed by atoms with Crippen LogP contribution in [0.15, 0.2) is 36.8 Å². The van der Waals surface area contributed by atoms with E-state index in [1.807, 2.05) is 12.1 Å². The number of benzene rings is 1. The van der Waals surface area contributed by atoms with E-state index >= 15 is 0 Å². The quantitative estimate of drug-likeness (QED) is 0.756. The van der Waals surface area contributed by atoms with Crippen molar-refractivity contribution in [3.63, 3.8) is 0 Å². The van der Waals surface area contributed by atoms with Crippen LogP contribution in [0, 0.1) is 0 Å². The van der Waals surface area contributed by atoms with Gasteiger partial charge >= 0.3 is 6.03 Å². The van der Waals surface area contributed by atoms with Gasteiger partial charge in [-0.1, -0.05) is 0 Å². The lowest BCUT2D eigenvalue weighted by Crippen LogP contribution is -2.17. The number of nitrogens with two attached hydrogens (primary N) is 1. The molecule has 7 heteroatoms. The van der Waals surface area contributed by atoms with E-state index in [0.717, 1.165) is 28.7 Å². The Morgan fingerprint density at radius 3 is 3.09 bits per heavy atom. The van der Waals surface area contributed by atoms with Gasteiger partial charge in [0.15, 0.2) is 0 Å². The lowest BCUT2D eigenvalue weighted by Gasteiger charge is -2.08. The highest BCUT2D eigenvalue weighted by molar-refractivity contribution is 5.91. The largest absolute Gasteiger partial charge is 0.439 e. The first-order valence-electron chi connectivity index (χ1n) is 6.84. The molecule has 0 radical (unpaired) electrons. The van der Waals surface area contributed by atoms with Crippen molar-refractivity contribution in [2.24, 2.45) is 5.73 Å². The Morgan fingerprint density at radius 1 is 1.32 bits per heavy atom. The third kappa shape index (κ3) is 1.99. The van der Waals surface area contributed by atoms with Gasteiger partial charge in [0, 0.05) is 27.5 Å². The number of hydrogen-bond acceptors (Lipinski definition) is 5. The highest BCUT2D eigenvalue weighted by atomic mass is 16.5. The van der Waals surface area contributed by atoms with Gasteiger partial charge in [0.1, 0.15) is 12.1 Å². The molecule has 0 atom stereocenters. The van der Waals surface area contributed by atoms with Crippen LogP contribution >= 0.6 is 0 Å². The Kier molecular flexibility index (Phi) is 2.80. The minimum absolute atomic E-state index is 0. The normalized spacial score (nSPS) is 13.3. The van der Waals surface area contributed by atoms with Gasteiger partial charge < -0.3 is 15.8 Å². The molecule has 2 aromatic heterocycles. The number of hydrogen-bond donors (Lipinski definition) is 2. The fourth-order valence-corrected chi connectivity index (χ4v) is 2.64. The molecule has 3 N–H and O–H groups in total. The molecule has 114 valence electrons. The molecule has 22 heavy (non-hydrogen) atoms. The third-order valence-corrected chi connectivity index (χ3v) is 3.70. The van der Waals surface area contributed by atoms with Crippen molar-refractivity contribution in [2.75, 3.05) is 0 Å². The van der Waals surface area contributed by atoms with Crippen molar-refractivity contribution >= 4 is 16.9 Å². The van der Waals surface area contributed by atoms with Crippen LogP contribution in [0.25, 0.3) is 10.9 Å². The predicted molar refractivity (Wildman–Crippen MR) is 83.8 cm³/mol. The molecule has 4 rings (SSSR count). The summed E-state index contributed by atoms with van der Waals surface area (Å²) in [5.41, 5.74) is 8.01. The third-order valence-electron chi connectivity index (χ3n) is 3.70. The summed E-state index contributed by atoms with van der Waals surface area (Å²) in [7, 11) is 0. The van der Waals surface area contributed by atoms with Crippen LogP contribution in [0.5, 0.6) is 11.6 Å². The van der Waals surface area contributed by atoms with Crippen molar-refractivity contribution < 1.29 is 12.4 Å². The fraction of sp³-hybridized carbons (Fsp3) is 0.133. The van der Waals surface area contributed by atoms with Gasteiger partial charge in [-0.3, -0.25) is 4.57 Å². The highest BCUT2D eigenvalue weighted by Gasteiger charge is 2.18. The molecule has 1 aromatic carbocycles. The second-order valence-electron chi connectivity index (χ2n) is 5.05. The molecule has 0 bridgehead atoms. The molecule has 0 fully saturated rings. The molecule has 1 aliphatic rings. The van der Waals surface area contributed by atoms with Crippen LogP contribution in [0.2, 0.25) is 0 Å². The van der Waals surface area contributed by atoms with Crippen molar-refractivity contribution in [3.8, 4) is 11.6 Å². The van der Waals surface area contributed by atoms with Crippen molar-refractivity contribution in [3.05, 3.63) is 48.0 Å². The van der Waals surface area contributed by atoms with Crippen molar-refractivity contribution in [2.45, 2.75) is 13.1 Å². The van der Waals surface area contributed by atoms with Crippen LogP contribution < -0.4 is 15.8 Å². The van der Waals surface area contributed by atoms with Gasteiger partial charge in [0.2, 0.25) is 5.88 Å². The molecular weight excluding hydrogens is 282 g/mol. The topological polar surface area (TPSA) is 95.1 Å². The first-order valence-corrected chi connectivity index (χ1v) is 6.84. The molecule has 3 aromatic rings. The average molecular weight is 299 g/mol. The van der Waals surface area contributed by atoms with E-state index in [0.29, 0.717) is 18.2 Å². The number of carbonyl (C=O) groups is 1. The number of fused-ring (bicyclic) bond motifs is 2. The summed E-state index contributed by atoms with van der Waals surface area (Å²) >= 11 is 0. The van der Waals surface area contributed by atoms with Crippen LogP contribution in [-0.2, 0) is 13.1 Å². The van der Waals surface area contributed by atoms with Gasteiger partial charge in [-0.25, -0.2) is 14.8 Å². The van der Waals surface area contributed by atoms with Crippen LogP contribution in [0.1, 0.15) is 14.1 Å². The zero-order valence-corrected chi connectivity index (χ0v) is 11.6. The van der Waals surface area contributed by atoms with Gasteiger partial charge in [-0.2, -0.15) is 0 Å². The lowest BCUT2D eigenvalue weighted by atomic mass is 10.2. The van der Waals surface area contributed by atoms with E-state index < -0.39 is 6.03 Å². The number of ether oxygens (including phenoxy) is 1. The number of aromatic nitrogens is 3. The molecule has 0 spiro atoms. The van der Waals surface area contributed by atoms with Gasteiger partial charge in [0.05, 0.1) is 16.8 Å². The second kappa shape index (κ2) is 4.81. The molecule has 0 saturated carbocycles. The van der Waals surface area contributed by atoms with Gasteiger partial charge in [0.25, 0.3) is 0 Å². The molecule has 0 unspecified atom stereocenters. The Balaban J connectivity index is 0.00000104. The fourth-order valence-electron chi connectivity index (χ4n) is 2.64. The molecule has 1 amide bonds. The zero-order valence-electron chi connectivity index (χ0n) is 11.6. The Hall–Kier alpha value is -2.93. The maximum absolute atomic E-state index is 11.3. The molecule has 3 heterocycles. The first-order chi connectivity index (χ1) is 10.7. The summed E-state index contributed by atoms with van der Waals surface area (Å²) in [5, 5.41) is 4.10. The van der Waals surface area contributed by atoms with Crippen LogP contribution in [-0.4, -0.2) is 20.6 Å². The second-order valence-corrected chi connectivity index (χ2v) is 5.05. The van der Waals surface area contributed by atoms with E-state index in [1.54, 1.807) is 18.3 Å². The number of carbonyl (C=O) groups excluding carboxylic acids is 1. The summed E-state index contributed by atoms with van der Waals surface area (Å²) in [4.78, 5) is 19.7. The van der Waals surface area contributed by atoms with E-state index in [-0.39, 0.29) is 2.85 Å². The average Bonchev–Trinajstić information content (AvgIpc) is 3.13. The molecule has 1 aliphatic heterocycles. The van der Waals surface area contributed by atoms with E-state index in [2.05, 4.69) is 15.3 Å². The number of primary amides is 1. The maximum atomic E-state index is 11.3. The number of rotatable bonds is 2. The Bertz CT molecular complexity index is 897. The number of amides is 1. The first kappa shape index (κ1) is 12.8. The summed E-state index contributed by atoms with van der Waals surface area (Å²) in [6.07, 6.45) is 3.15. The van der Waals surface area contributed by atoms with E-state index in [4.69, 9.17) is 10.5 Å². The summed E-state index contributed by atoms with van der Waals surface area (Å²) in [6.45, 7) is 1.43. The molecule has 0 aliphatic carbocycles. The number of nitrogens with zero attached hydrogens (tertiary/aromatic N) is 3. The maximum Gasteiger partial charge on any atom is 0.323 e. The van der Waals surface area contributed by atoms with Gasteiger partial charge in [-0.15, -0.1) is 0 Å². The Morgan fingerprint density at radius 2 is 2.23 bits per heavy atom. The van der Waals surface area contributed by atoms with Crippen molar-refractivity contribution in [1.29, 1.82) is 0 Å².